The van der Waals surface area contributed by atoms with E-state index in [1.807, 2.05) is 25.1 Å². The number of carbonyl (C=O) groups excluding carboxylic acids is 1. The number of hydrogen-bond donors (Lipinski definition) is 1. The van der Waals surface area contributed by atoms with Crippen LogP contribution in [-0.4, -0.2) is 30.6 Å². The molecule has 0 fully saturated rings. The molecule has 2 heterocycles. The van der Waals surface area contributed by atoms with Gasteiger partial charge in [0.15, 0.2) is 6.73 Å². The highest BCUT2D eigenvalue weighted by Gasteiger charge is 2.21. The fourth-order valence-corrected chi connectivity index (χ4v) is 2.01. The lowest BCUT2D eigenvalue weighted by Crippen LogP contribution is -2.35. The Kier molecular flexibility index (Phi) is 3.17. The molecule has 0 spiro atoms. The Balaban J connectivity index is 2.17. The molecule has 1 N–H and O–H groups in total. The Labute approximate surface area is 95.9 Å². The molecule has 2 aliphatic heterocycles. The van der Waals surface area contributed by atoms with Crippen molar-refractivity contribution in [3.63, 3.8) is 0 Å². The number of nitrogens with one attached hydrogen (secondary N) is 1. The molecule has 0 aromatic heterocycles. The van der Waals surface area contributed by atoms with Crippen molar-refractivity contribution < 1.29 is 9.53 Å². The molecule has 0 aromatic carbocycles. The molecule has 0 aliphatic carbocycles. The first-order valence-electron chi connectivity index (χ1n) is 5.71. The summed E-state index contributed by atoms with van der Waals surface area (Å²) in [5.41, 5.74) is 1.09. The van der Waals surface area contributed by atoms with Gasteiger partial charge >= 0.3 is 0 Å². The maximum atomic E-state index is 11.5. The lowest BCUT2D eigenvalue weighted by molar-refractivity contribution is -0.121. The predicted molar refractivity (Wildman–Crippen MR) is 61.3 cm³/mol. The van der Waals surface area contributed by atoms with E-state index in [-0.39, 0.29) is 11.9 Å². The minimum Gasteiger partial charge on any atom is -0.471 e. The summed E-state index contributed by atoms with van der Waals surface area (Å²) in [6.07, 6.45) is 6.63. The summed E-state index contributed by atoms with van der Waals surface area (Å²) in [5, 5.41) is 2.98. The summed E-state index contributed by atoms with van der Waals surface area (Å²) in [4.78, 5) is 13.5. The third kappa shape index (κ3) is 2.38. The molecule has 1 amide bonds. The molecule has 2 rings (SSSR count). The standard InChI is InChI=1S/C12H18N2O2/c1-9-10(11-7-14(2)8-16-11)5-3-4-6-12(15)13-9/h5,7,9H,3-4,6,8H2,1-2H3,(H,13,15)/b10-5+/t9-/m1/s1. The highest BCUT2D eigenvalue weighted by molar-refractivity contribution is 5.77. The van der Waals surface area contributed by atoms with Crippen molar-refractivity contribution in [2.75, 3.05) is 13.8 Å². The fourth-order valence-electron chi connectivity index (χ4n) is 2.01. The molecule has 0 radical (unpaired) electrons. The Morgan fingerprint density at radius 1 is 1.56 bits per heavy atom. The number of nitrogens with zero attached hydrogens (tertiary/aromatic N) is 1. The predicted octanol–water partition coefficient (Wildman–Crippen LogP) is 1.36. The van der Waals surface area contributed by atoms with Crippen molar-refractivity contribution in [3.05, 3.63) is 23.6 Å². The number of rotatable bonds is 1. The van der Waals surface area contributed by atoms with Crippen LogP contribution in [0.3, 0.4) is 0 Å². The van der Waals surface area contributed by atoms with E-state index in [2.05, 4.69) is 11.4 Å². The summed E-state index contributed by atoms with van der Waals surface area (Å²) >= 11 is 0. The third-order valence-electron chi connectivity index (χ3n) is 2.86. The summed E-state index contributed by atoms with van der Waals surface area (Å²) in [5.74, 6) is 1.02. The van der Waals surface area contributed by atoms with E-state index in [4.69, 9.17) is 4.74 Å². The summed E-state index contributed by atoms with van der Waals surface area (Å²) in [6.45, 7) is 2.59. The molecule has 0 saturated carbocycles. The van der Waals surface area contributed by atoms with Gasteiger partial charge in [0.2, 0.25) is 5.91 Å². The Morgan fingerprint density at radius 2 is 2.38 bits per heavy atom. The average Bonchev–Trinajstić information content (AvgIpc) is 2.61. The minimum absolute atomic E-state index is 0.0329. The van der Waals surface area contributed by atoms with E-state index in [9.17, 15) is 4.79 Å². The molecule has 1 atom stereocenters. The number of carbonyl (C=O) groups is 1. The zero-order chi connectivity index (χ0) is 11.5. The monoisotopic (exact) mass is 222 g/mol. The van der Waals surface area contributed by atoms with Crippen LogP contribution < -0.4 is 5.32 Å². The smallest absolute Gasteiger partial charge is 0.220 e. The van der Waals surface area contributed by atoms with E-state index in [0.717, 1.165) is 24.2 Å². The summed E-state index contributed by atoms with van der Waals surface area (Å²) in [7, 11) is 1.97. The molecular formula is C12H18N2O2. The van der Waals surface area contributed by atoms with Gasteiger partial charge in [0.25, 0.3) is 0 Å². The highest BCUT2D eigenvalue weighted by atomic mass is 16.5. The van der Waals surface area contributed by atoms with Crippen molar-refractivity contribution in [2.24, 2.45) is 0 Å². The van der Waals surface area contributed by atoms with Gasteiger partial charge in [0, 0.05) is 25.2 Å². The zero-order valence-corrected chi connectivity index (χ0v) is 9.82. The molecular weight excluding hydrogens is 204 g/mol. The molecule has 2 aliphatic rings. The van der Waals surface area contributed by atoms with Crippen LogP contribution in [-0.2, 0) is 9.53 Å². The fraction of sp³-hybridized carbons (Fsp3) is 0.583. The van der Waals surface area contributed by atoms with Crippen LogP contribution in [0, 0.1) is 0 Å². The quantitative estimate of drug-likeness (QED) is 0.728. The summed E-state index contributed by atoms with van der Waals surface area (Å²) in [6, 6.07) is 0.0329. The summed E-state index contributed by atoms with van der Waals surface area (Å²) < 4.78 is 5.57. The minimum atomic E-state index is 0.0329. The van der Waals surface area contributed by atoms with Crippen molar-refractivity contribution in [3.8, 4) is 0 Å². The van der Waals surface area contributed by atoms with Crippen molar-refractivity contribution in [1.29, 1.82) is 0 Å². The van der Waals surface area contributed by atoms with Crippen LogP contribution in [0.4, 0.5) is 0 Å². The second-order valence-electron chi connectivity index (χ2n) is 4.36. The molecule has 0 aromatic rings. The first-order valence-corrected chi connectivity index (χ1v) is 5.71. The Hall–Kier alpha value is -1.45. The Bertz CT molecular complexity index is 347. The van der Waals surface area contributed by atoms with Gasteiger partial charge in [0.05, 0.1) is 6.04 Å². The van der Waals surface area contributed by atoms with E-state index in [1.165, 1.54) is 0 Å². The second-order valence-corrected chi connectivity index (χ2v) is 4.36. The molecule has 16 heavy (non-hydrogen) atoms. The van der Waals surface area contributed by atoms with Gasteiger partial charge in [-0.3, -0.25) is 4.79 Å². The third-order valence-corrected chi connectivity index (χ3v) is 2.86. The van der Waals surface area contributed by atoms with Crippen LogP contribution in [0.2, 0.25) is 0 Å². The van der Waals surface area contributed by atoms with E-state index >= 15 is 0 Å². The largest absolute Gasteiger partial charge is 0.471 e. The number of ether oxygens (including phenoxy) is 1. The maximum absolute atomic E-state index is 11.5. The second kappa shape index (κ2) is 4.60. The molecule has 0 saturated heterocycles. The molecule has 0 bridgehead atoms. The topological polar surface area (TPSA) is 41.6 Å². The van der Waals surface area contributed by atoms with Gasteiger partial charge in [-0.25, -0.2) is 0 Å². The lowest BCUT2D eigenvalue weighted by Gasteiger charge is -2.20. The van der Waals surface area contributed by atoms with Crippen LogP contribution in [0.15, 0.2) is 23.6 Å². The van der Waals surface area contributed by atoms with Crippen LogP contribution >= 0.6 is 0 Å². The first-order chi connectivity index (χ1) is 7.66. The number of hydrogen-bond acceptors (Lipinski definition) is 3. The number of amides is 1. The van der Waals surface area contributed by atoms with Crippen LogP contribution in [0.1, 0.15) is 26.2 Å². The highest BCUT2D eigenvalue weighted by Crippen LogP contribution is 2.23. The molecule has 4 nitrogen and oxygen atoms in total. The number of allylic oxidation sites excluding steroid dienone is 1. The Morgan fingerprint density at radius 3 is 3.06 bits per heavy atom. The van der Waals surface area contributed by atoms with Crippen LogP contribution in [0.25, 0.3) is 0 Å². The van der Waals surface area contributed by atoms with Crippen LogP contribution in [0.5, 0.6) is 0 Å². The molecule has 4 heteroatoms. The van der Waals surface area contributed by atoms with E-state index < -0.39 is 0 Å². The molecule has 88 valence electrons. The SMILES string of the molecule is C[C@H]1NC(=O)CCC/C=C\1C1=CN(C)CO1. The van der Waals surface area contributed by atoms with Gasteiger partial charge < -0.3 is 15.0 Å². The van der Waals surface area contributed by atoms with E-state index in [0.29, 0.717) is 13.2 Å². The normalized spacial score (nSPS) is 29.5. The van der Waals surface area contributed by atoms with Gasteiger partial charge in [-0.05, 0) is 19.8 Å². The maximum Gasteiger partial charge on any atom is 0.220 e. The first kappa shape index (κ1) is 11.0. The zero-order valence-electron chi connectivity index (χ0n) is 9.82. The van der Waals surface area contributed by atoms with Gasteiger partial charge in [-0.2, -0.15) is 0 Å². The average molecular weight is 222 g/mol. The van der Waals surface area contributed by atoms with Crippen molar-refractivity contribution >= 4 is 5.91 Å². The van der Waals surface area contributed by atoms with Crippen molar-refractivity contribution in [1.82, 2.24) is 10.2 Å². The van der Waals surface area contributed by atoms with Crippen molar-refractivity contribution in [2.45, 2.75) is 32.2 Å². The lowest BCUT2D eigenvalue weighted by atomic mass is 10.0. The van der Waals surface area contributed by atoms with Gasteiger partial charge in [-0.1, -0.05) is 6.08 Å². The van der Waals surface area contributed by atoms with Gasteiger partial charge in [-0.15, -0.1) is 0 Å². The van der Waals surface area contributed by atoms with E-state index in [1.54, 1.807) is 0 Å². The van der Waals surface area contributed by atoms with Gasteiger partial charge in [0.1, 0.15) is 5.76 Å². The molecule has 0 unspecified atom stereocenters.